The summed E-state index contributed by atoms with van der Waals surface area (Å²) in [7, 11) is 0. The molecule has 1 aliphatic carbocycles. The van der Waals surface area contributed by atoms with Crippen LogP contribution in [0.15, 0.2) is 4.79 Å². The summed E-state index contributed by atoms with van der Waals surface area (Å²) in [5.74, 6) is -0.416. The molecule has 1 heterocycles. The number of pyridine rings is 1. The van der Waals surface area contributed by atoms with Crippen LogP contribution in [0.2, 0.25) is 0 Å². The SMILES string of the molecule is CCOC(=O)c1c(O)c2c([nH]c1=O)CC(C)CC2C. The van der Waals surface area contributed by atoms with Crippen LogP contribution in [-0.2, 0) is 11.2 Å². The standard InChI is InChI=1S/C14H19NO4/c1-4-19-14(18)11-12(16)10-8(3)5-7(2)6-9(10)15-13(11)17/h7-8H,4-6H2,1-3H3,(H2,15,16,17). The minimum Gasteiger partial charge on any atom is -0.506 e. The van der Waals surface area contributed by atoms with Gasteiger partial charge in [0.25, 0.3) is 5.56 Å². The zero-order chi connectivity index (χ0) is 14.2. The van der Waals surface area contributed by atoms with Crippen molar-refractivity contribution in [2.24, 2.45) is 5.92 Å². The largest absolute Gasteiger partial charge is 0.506 e. The molecule has 2 unspecified atom stereocenters. The van der Waals surface area contributed by atoms with E-state index in [1.807, 2.05) is 6.92 Å². The van der Waals surface area contributed by atoms with E-state index < -0.39 is 11.5 Å². The van der Waals surface area contributed by atoms with Crippen molar-refractivity contribution in [3.05, 3.63) is 27.2 Å². The minimum absolute atomic E-state index is 0.115. The van der Waals surface area contributed by atoms with Crippen molar-refractivity contribution in [3.8, 4) is 5.75 Å². The van der Waals surface area contributed by atoms with Gasteiger partial charge in [-0.05, 0) is 31.6 Å². The van der Waals surface area contributed by atoms with Gasteiger partial charge < -0.3 is 14.8 Å². The van der Waals surface area contributed by atoms with Crippen molar-refractivity contribution < 1.29 is 14.6 Å². The molecule has 1 aromatic rings. The van der Waals surface area contributed by atoms with Crippen LogP contribution in [0, 0.1) is 5.92 Å². The first-order valence-corrected chi connectivity index (χ1v) is 6.60. The molecule has 1 aromatic heterocycles. The van der Waals surface area contributed by atoms with Gasteiger partial charge in [-0.2, -0.15) is 0 Å². The van der Waals surface area contributed by atoms with Crippen LogP contribution in [0.4, 0.5) is 0 Å². The zero-order valence-corrected chi connectivity index (χ0v) is 11.4. The third kappa shape index (κ3) is 2.37. The summed E-state index contributed by atoms with van der Waals surface area (Å²) in [6.45, 7) is 5.92. The molecular weight excluding hydrogens is 246 g/mol. The summed E-state index contributed by atoms with van der Waals surface area (Å²) in [6.07, 6.45) is 1.64. The zero-order valence-electron chi connectivity index (χ0n) is 11.4. The Labute approximate surface area is 111 Å². The van der Waals surface area contributed by atoms with Crippen LogP contribution < -0.4 is 5.56 Å². The number of fused-ring (bicyclic) bond motifs is 1. The van der Waals surface area contributed by atoms with Crippen molar-refractivity contribution in [2.75, 3.05) is 6.61 Å². The quantitative estimate of drug-likeness (QED) is 0.801. The molecule has 0 aliphatic heterocycles. The van der Waals surface area contributed by atoms with Crippen LogP contribution in [0.5, 0.6) is 5.75 Å². The molecule has 0 fully saturated rings. The molecule has 2 rings (SSSR count). The van der Waals surface area contributed by atoms with Crippen LogP contribution >= 0.6 is 0 Å². The number of aromatic hydroxyl groups is 1. The van der Waals surface area contributed by atoms with Crippen LogP contribution in [0.25, 0.3) is 0 Å². The van der Waals surface area contributed by atoms with Gasteiger partial charge in [-0.1, -0.05) is 13.8 Å². The third-order valence-corrected chi connectivity index (χ3v) is 3.59. The highest BCUT2D eigenvalue weighted by Crippen LogP contribution is 2.39. The smallest absolute Gasteiger partial charge is 0.347 e. The number of aromatic nitrogens is 1. The van der Waals surface area contributed by atoms with Gasteiger partial charge in [-0.15, -0.1) is 0 Å². The molecule has 5 heteroatoms. The fourth-order valence-corrected chi connectivity index (χ4v) is 2.89. The maximum absolute atomic E-state index is 11.9. The number of nitrogens with one attached hydrogen (secondary N) is 1. The van der Waals surface area contributed by atoms with E-state index in [2.05, 4.69) is 11.9 Å². The van der Waals surface area contributed by atoms with Gasteiger partial charge in [-0.3, -0.25) is 4.79 Å². The van der Waals surface area contributed by atoms with Crippen LogP contribution in [0.3, 0.4) is 0 Å². The van der Waals surface area contributed by atoms with Crippen molar-refractivity contribution in [3.63, 3.8) is 0 Å². The van der Waals surface area contributed by atoms with E-state index in [1.54, 1.807) is 6.92 Å². The topological polar surface area (TPSA) is 79.4 Å². The minimum atomic E-state index is -0.769. The van der Waals surface area contributed by atoms with E-state index in [-0.39, 0.29) is 23.8 Å². The Kier molecular flexibility index (Phi) is 3.64. The average molecular weight is 265 g/mol. The summed E-state index contributed by atoms with van der Waals surface area (Å²) >= 11 is 0. The summed E-state index contributed by atoms with van der Waals surface area (Å²) < 4.78 is 4.82. The van der Waals surface area contributed by atoms with E-state index in [1.165, 1.54) is 0 Å². The van der Waals surface area contributed by atoms with Gasteiger partial charge in [-0.25, -0.2) is 4.79 Å². The first-order chi connectivity index (χ1) is 8.95. The number of carbonyl (C=O) groups excluding carboxylic acids is 1. The number of hydrogen-bond acceptors (Lipinski definition) is 4. The summed E-state index contributed by atoms with van der Waals surface area (Å²) in [5.41, 5.74) is 0.570. The fourth-order valence-electron chi connectivity index (χ4n) is 2.89. The second kappa shape index (κ2) is 5.07. The highest BCUT2D eigenvalue weighted by atomic mass is 16.5. The molecule has 0 saturated heterocycles. The Balaban J connectivity index is 2.58. The van der Waals surface area contributed by atoms with Gasteiger partial charge >= 0.3 is 5.97 Å². The Morgan fingerprint density at radius 3 is 2.79 bits per heavy atom. The molecule has 0 spiro atoms. The molecule has 2 atom stereocenters. The normalized spacial score (nSPS) is 21.8. The number of rotatable bonds is 2. The van der Waals surface area contributed by atoms with Crippen molar-refractivity contribution >= 4 is 5.97 Å². The van der Waals surface area contributed by atoms with E-state index in [9.17, 15) is 14.7 Å². The molecule has 2 N–H and O–H groups in total. The summed E-state index contributed by atoms with van der Waals surface area (Å²) in [4.78, 5) is 26.4. The van der Waals surface area contributed by atoms with E-state index in [0.717, 1.165) is 12.1 Å². The number of H-pyrrole nitrogens is 1. The monoisotopic (exact) mass is 265 g/mol. The average Bonchev–Trinajstić information content (AvgIpc) is 2.27. The van der Waals surface area contributed by atoms with Gasteiger partial charge in [0.2, 0.25) is 0 Å². The van der Waals surface area contributed by atoms with Crippen molar-refractivity contribution in [1.29, 1.82) is 0 Å². The molecular formula is C14H19NO4. The lowest BCUT2D eigenvalue weighted by atomic mass is 9.80. The number of aromatic amines is 1. The van der Waals surface area contributed by atoms with Crippen LogP contribution in [-0.4, -0.2) is 22.7 Å². The van der Waals surface area contributed by atoms with Gasteiger partial charge in [0, 0.05) is 11.3 Å². The molecule has 0 saturated carbocycles. The fraction of sp³-hybridized carbons (Fsp3) is 0.571. The first-order valence-electron chi connectivity index (χ1n) is 6.60. The summed E-state index contributed by atoms with van der Waals surface area (Å²) in [6, 6.07) is 0. The lowest BCUT2D eigenvalue weighted by molar-refractivity contribution is 0.0520. The molecule has 5 nitrogen and oxygen atoms in total. The Hall–Kier alpha value is -1.78. The maximum atomic E-state index is 11.9. The molecule has 19 heavy (non-hydrogen) atoms. The highest BCUT2D eigenvalue weighted by Gasteiger charge is 2.30. The number of carbonyl (C=O) groups is 1. The number of hydrogen-bond donors (Lipinski definition) is 2. The lowest BCUT2D eigenvalue weighted by Gasteiger charge is -2.27. The predicted octanol–water partition coefficient (Wildman–Crippen LogP) is 1.94. The Bertz CT molecular complexity index is 561. The van der Waals surface area contributed by atoms with Crippen LogP contribution in [0.1, 0.15) is 54.7 Å². The number of esters is 1. The first kappa shape index (κ1) is 13.6. The van der Waals surface area contributed by atoms with Crippen molar-refractivity contribution in [2.45, 2.75) is 39.5 Å². The summed E-state index contributed by atoms with van der Waals surface area (Å²) in [5, 5.41) is 10.2. The Morgan fingerprint density at radius 1 is 1.47 bits per heavy atom. The van der Waals surface area contributed by atoms with E-state index >= 15 is 0 Å². The van der Waals surface area contributed by atoms with Gasteiger partial charge in [0.15, 0.2) is 5.56 Å². The van der Waals surface area contributed by atoms with E-state index in [0.29, 0.717) is 17.9 Å². The molecule has 0 aromatic carbocycles. The third-order valence-electron chi connectivity index (χ3n) is 3.59. The highest BCUT2D eigenvalue weighted by molar-refractivity contribution is 5.92. The molecule has 1 aliphatic rings. The Morgan fingerprint density at radius 2 is 2.16 bits per heavy atom. The molecule has 0 radical (unpaired) electrons. The van der Waals surface area contributed by atoms with Gasteiger partial charge in [0.05, 0.1) is 6.61 Å². The van der Waals surface area contributed by atoms with E-state index in [4.69, 9.17) is 4.74 Å². The maximum Gasteiger partial charge on any atom is 0.347 e. The van der Waals surface area contributed by atoms with Crippen molar-refractivity contribution in [1.82, 2.24) is 4.98 Å². The molecule has 0 amide bonds. The van der Waals surface area contributed by atoms with Gasteiger partial charge in [0.1, 0.15) is 5.75 Å². The predicted molar refractivity (Wildman–Crippen MR) is 70.6 cm³/mol. The molecule has 104 valence electrons. The second-order valence-electron chi connectivity index (χ2n) is 5.24. The molecule has 0 bridgehead atoms. The number of ether oxygens (including phenoxy) is 1. The second-order valence-corrected chi connectivity index (χ2v) is 5.24. The lowest BCUT2D eigenvalue weighted by Crippen LogP contribution is -2.26.